The molecule has 0 unspecified atom stereocenters. The van der Waals surface area contributed by atoms with Crippen LogP contribution in [0.25, 0.3) is 6.08 Å². The number of nitriles is 1. The molecule has 1 aliphatic heterocycles. The summed E-state index contributed by atoms with van der Waals surface area (Å²) in [4.78, 5) is 14.1. The molecule has 0 N–H and O–H groups in total. The van der Waals surface area contributed by atoms with Gasteiger partial charge in [-0.25, -0.2) is 0 Å². The Morgan fingerprint density at radius 2 is 2.17 bits per heavy atom. The molecule has 2 rings (SSSR count). The summed E-state index contributed by atoms with van der Waals surface area (Å²) in [6, 6.07) is 5.55. The van der Waals surface area contributed by atoms with Crippen molar-refractivity contribution in [1.29, 1.82) is 5.26 Å². The smallest absolute Gasteiger partial charge is 0.264 e. The molecule has 1 aromatic carbocycles. The molecular formula is C18H17IN2O3. The zero-order valence-electron chi connectivity index (χ0n) is 13.3. The first kappa shape index (κ1) is 18.2. The Kier molecular flexibility index (Phi) is 6.51. The number of ether oxygens (including phenoxy) is 2. The maximum absolute atomic E-state index is 12.4. The van der Waals surface area contributed by atoms with Crippen molar-refractivity contribution in [3.05, 3.63) is 26.8 Å². The maximum Gasteiger partial charge on any atom is 0.264 e. The summed E-state index contributed by atoms with van der Waals surface area (Å²) in [5.41, 5.74) is 0.820. The van der Waals surface area contributed by atoms with Crippen molar-refractivity contribution in [1.82, 2.24) is 4.90 Å². The highest BCUT2D eigenvalue weighted by Crippen LogP contribution is 2.34. The highest BCUT2D eigenvalue weighted by atomic mass is 127. The third kappa shape index (κ3) is 4.21. The lowest BCUT2D eigenvalue weighted by molar-refractivity contribution is -0.125. The monoisotopic (exact) mass is 436 g/mol. The number of carbonyl (C=O) groups is 1. The van der Waals surface area contributed by atoms with Crippen LogP contribution in [0.4, 0.5) is 0 Å². The van der Waals surface area contributed by atoms with Crippen molar-refractivity contribution in [2.24, 2.45) is 0 Å². The molecular weight excluding hydrogens is 419 g/mol. The lowest BCUT2D eigenvalue weighted by Gasteiger charge is -2.15. The summed E-state index contributed by atoms with van der Waals surface area (Å²) in [5.74, 6) is 3.25. The molecule has 5 nitrogen and oxygen atoms in total. The van der Waals surface area contributed by atoms with Gasteiger partial charge in [-0.3, -0.25) is 4.79 Å². The molecule has 6 heteroatoms. The molecule has 0 saturated carbocycles. The van der Waals surface area contributed by atoms with Gasteiger partial charge >= 0.3 is 0 Å². The van der Waals surface area contributed by atoms with E-state index in [0.29, 0.717) is 30.2 Å². The molecule has 124 valence electrons. The highest BCUT2D eigenvalue weighted by molar-refractivity contribution is 14.1. The minimum Gasteiger partial charge on any atom is -0.493 e. The molecule has 0 aromatic heterocycles. The van der Waals surface area contributed by atoms with Gasteiger partial charge in [0.25, 0.3) is 5.91 Å². The Bertz CT molecular complexity index is 738. The minimum absolute atomic E-state index is 0.118. The second-order valence-corrected chi connectivity index (χ2v) is 6.36. The van der Waals surface area contributed by atoms with E-state index in [1.807, 2.05) is 12.1 Å². The van der Waals surface area contributed by atoms with Gasteiger partial charge in [0, 0.05) is 13.1 Å². The van der Waals surface area contributed by atoms with Crippen LogP contribution in [-0.2, 0) is 4.79 Å². The Balaban J connectivity index is 2.33. The van der Waals surface area contributed by atoms with Crippen LogP contribution >= 0.6 is 22.6 Å². The molecule has 0 atom stereocenters. The van der Waals surface area contributed by atoms with E-state index < -0.39 is 0 Å². The topological polar surface area (TPSA) is 62.6 Å². The van der Waals surface area contributed by atoms with Crippen LogP contribution in [0.1, 0.15) is 18.4 Å². The Labute approximate surface area is 155 Å². The number of amides is 1. The molecule has 1 amide bonds. The van der Waals surface area contributed by atoms with Gasteiger partial charge in [0.1, 0.15) is 18.2 Å². The Morgan fingerprint density at radius 3 is 2.75 bits per heavy atom. The van der Waals surface area contributed by atoms with Crippen LogP contribution < -0.4 is 9.47 Å². The van der Waals surface area contributed by atoms with Crippen LogP contribution in [0.2, 0.25) is 0 Å². The van der Waals surface area contributed by atoms with Gasteiger partial charge in [-0.2, -0.15) is 5.26 Å². The van der Waals surface area contributed by atoms with Gasteiger partial charge in [0.15, 0.2) is 11.5 Å². The number of hydrogen-bond donors (Lipinski definition) is 0. The number of rotatable bonds is 5. The van der Waals surface area contributed by atoms with Crippen molar-refractivity contribution >= 4 is 34.6 Å². The molecule has 0 radical (unpaired) electrons. The normalized spacial score (nSPS) is 14.0. The first-order valence-electron chi connectivity index (χ1n) is 7.45. The fraction of sp³-hybridized carbons (Fsp3) is 0.333. The zero-order valence-corrected chi connectivity index (χ0v) is 15.5. The van der Waals surface area contributed by atoms with Crippen molar-refractivity contribution in [3.63, 3.8) is 0 Å². The number of methoxy groups -OCH3 is 1. The standard InChI is InChI=1S/C18H17IN2O3/c1-3-8-24-17-15(19)10-13(11-16(17)23-2)9-14(12-20)18(22)21-6-4-5-7-21/h1,9-11H,4-8H2,2H3/b14-9+. The summed E-state index contributed by atoms with van der Waals surface area (Å²) >= 11 is 2.11. The van der Waals surface area contributed by atoms with E-state index in [4.69, 9.17) is 15.9 Å². The molecule has 1 saturated heterocycles. The van der Waals surface area contributed by atoms with Crippen molar-refractivity contribution in [2.45, 2.75) is 12.8 Å². The fourth-order valence-corrected chi connectivity index (χ4v) is 3.26. The summed E-state index contributed by atoms with van der Waals surface area (Å²) < 4.78 is 11.6. The average molecular weight is 436 g/mol. The van der Waals surface area contributed by atoms with Gasteiger partial charge < -0.3 is 14.4 Å². The van der Waals surface area contributed by atoms with E-state index in [2.05, 4.69) is 28.5 Å². The summed E-state index contributed by atoms with van der Waals surface area (Å²) in [5, 5.41) is 9.34. The molecule has 1 aliphatic rings. The predicted molar refractivity (Wildman–Crippen MR) is 99.4 cm³/mol. The number of likely N-dealkylation sites (tertiary alicyclic amines) is 1. The van der Waals surface area contributed by atoms with E-state index in [1.165, 1.54) is 7.11 Å². The van der Waals surface area contributed by atoms with Crippen LogP contribution in [0.3, 0.4) is 0 Å². The van der Waals surface area contributed by atoms with Gasteiger partial charge in [0.05, 0.1) is 10.7 Å². The fourth-order valence-electron chi connectivity index (χ4n) is 2.48. The average Bonchev–Trinajstić information content (AvgIpc) is 3.12. The van der Waals surface area contributed by atoms with Crippen LogP contribution in [0.5, 0.6) is 11.5 Å². The van der Waals surface area contributed by atoms with Gasteiger partial charge in [-0.05, 0) is 59.2 Å². The molecule has 0 spiro atoms. The summed E-state index contributed by atoms with van der Waals surface area (Å²) in [6.07, 6.45) is 8.77. The van der Waals surface area contributed by atoms with E-state index in [9.17, 15) is 10.1 Å². The number of terminal acetylenes is 1. The van der Waals surface area contributed by atoms with Crippen LogP contribution in [-0.4, -0.2) is 37.6 Å². The van der Waals surface area contributed by atoms with Gasteiger partial charge in [0.2, 0.25) is 0 Å². The van der Waals surface area contributed by atoms with Crippen molar-refractivity contribution < 1.29 is 14.3 Å². The largest absolute Gasteiger partial charge is 0.493 e. The maximum atomic E-state index is 12.4. The van der Waals surface area contributed by atoms with Crippen molar-refractivity contribution in [3.8, 4) is 29.9 Å². The number of halogens is 1. The van der Waals surface area contributed by atoms with E-state index in [0.717, 1.165) is 16.4 Å². The number of carbonyl (C=O) groups excluding carboxylic acids is 1. The molecule has 1 aromatic rings. The Hall–Kier alpha value is -2.19. The predicted octanol–water partition coefficient (Wildman–Crippen LogP) is 2.84. The van der Waals surface area contributed by atoms with Crippen LogP contribution in [0.15, 0.2) is 17.7 Å². The quantitative estimate of drug-likeness (QED) is 0.308. The molecule has 1 fully saturated rings. The lowest BCUT2D eigenvalue weighted by atomic mass is 10.1. The molecule has 24 heavy (non-hydrogen) atoms. The van der Waals surface area contributed by atoms with Gasteiger partial charge in [-0.1, -0.05) is 5.92 Å². The third-order valence-electron chi connectivity index (χ3n) is 3.61. The summed E-state index contributed by atoms with van der Waals surface area (Å²) in [6.45, 7) is 1.55. The molecule has 1 heterocycles. The summed E-state index contributed by atoms with van der Waals surface area (Å²) in [7, 11) is 1.53. The number of hydrogen-bond acceptors (Lipinski definition) is 4. The third-order valence-corrected chi connectivity index (χ3v) is 4.41. The molecule has 0 bridgehead atoms. The first-order valence-corrected chi connectivity index (χ1v) is 8.53. The van der Waals surface area contributed by atoms with E-state index >= 15 is 0 Å². The second-order valence-electron chi connectivity index (χ2n) is 5.20. The van der Waals surface area contributed by atoms with Crippen molar-refractivity contribution in [2.75, 3.05) is 26.8 Å². The number of benzene rings is 1. The van der Waals surface area contributed by atoms with E-state index in [1.54, 1.807) is 17.0 Å². The zero-order chi connectivity index (χ0) is 17.5. The van der Waals surface area contributed by atoms with E-state index in [-0.39, 0.29) is 18.1 Å². The molecule has 0 aliphatic carbocycles. The highest BCUT2D eigenvalue weighted by Gasteiger charge is 2.21. The SMILES string of the molecule is C#CCOc1c(I)cc(/C=C(\C#N)C(=O)N2CCCC2)cc1OC. The second kappa shape index (κ2) is 8.60. The van der Waals surface area contributed by atoms with Gasteiger partial charge in [-0.15, -0.1) is 6.42 Å². The van der Waals surface area contributed by atoms with Crippen LogP contribution in [0, 0.1) is 27.2 Å². The first-order chi connectivity index (χ1) is 11.6. The Morgan fingerprint density at radius 1 is 1.46 bits per heavy atom. The number of nitrogens with zero attached hydrogens (tertiary/aromatic N) is 2. The lowest BCUT2D eigenvalue weighted by Crippen LogP contribution is -2.28. The minimum atomic E-state index is -0.225.